The molecule has 1 amide bonds. The van der Waals surface area contributed by atoms with Gasteiger partial charge in [-0.25, -0.2) is 0 Å². The zero-order valence-corrected chi connectivity index (χ0v) is 9.28. The molecule has 0 aliphatic carbocycles. The van der Waals surface area contributed by atoms with E-state index in [-0.39, 0.29) is 6.04 Å². The molecular weight excluding hydrogens is 190 g/mol. The molecule has 0 saturated carbocycles. The number of carbonyl (C=O) groups is 1. The topological polar surface area (TPSA) is 35.6 Å². The number of rotatable bonds is 1. The van der Waals surface area contributed by atoms with Crippen molar-refractivity contribution >= 4 is 5.91 Å². The zero-order valence-electron chi connectivity index (χ0n) is 9.28. The number of amides is 1. The summed E-state index contributed by atoms with van der Waals surface area (Å²) < 4.78 is 0. The molecule has 4 fully saturated rings. The summed E-state index contributed by atoms with van der Waals surface area (Å²) in [7, 11) is 0. The van der Waals surface area contributed by atoms with Crippen molar-refractivity contribution in [3.05, 3.63) is 0 Å². The average Bonchev–Trinajstić information content (AvgIpc) is 2.61. The Morgan fingerprint density at radius 1 is 1.33 bits per heavy atom. The summed E-state index contributed by atoms with van der Waals surface area (Å²) in [6.45, 7) is 6.31. The molecule has 15 heavy (non-hydrogen) atoms. The Morgan fingerprint density at radius 2 is 2.07 bits per heavy atom. The van der Waals surface area contributed by atoms with Crippen molar-refractivity contribution in [1.29, 1.82) is 0 Å². The second kappa shape index (κ2) is 3.46. The highest BCUT2D eigenvalue weighted by Crippen LogP contribution is 2.31. The van der Waals surface area contributed by atoms with Gasteiger partial charge in [-0.15, -0.1) is 0 Å². The van der Waals surface area contributed by atoms with E-state index in [0.717, 1.165) is 19.1 Å². The molecule has 4 heterocycles. The highest BCUT2D eigenvalue weighted by molar-refractivity contribution is 5.83. The molecule has 4 rings (SSSR count). The van der Waals surface area contributed by atoms with E-state index < -0.39 is 0 Å². The van der Waals surface area contributed by atoms with Crippen LogP contribution in [0.4, 0.5) is 0 Å². The second-order valence-electron chi connectivity index (χ2n) is 5.10. The first-order chi connectivity index (χ1) is 7.25. The molecule has 4 aliphatic rings. The number of nitrogens with zero attached hydrogens (tertiary/aromatic N) is 2. The molecule has 4 heteroatoms. The maximum Gasteiger partial charge on any atom is 0.240 e. The zero-order chi connectivity index (χ0) is 10.4. The lowest BCUT2D eigenvalue weighted by Crippen LogP contribution is -2.58. The van der Waals surface area contributed by atoms with Gasteiger partial charge in [-0.3, -0.25) is 10.1 Å². The summed E-state index contributed by atoms with van der Waals surface area (Å²) in [6.07, 6.45) is 2.56. The standard InChI is InChI=1S/C11H19N3O/c1-8-11(15)14(7-12-8)10-6-13-4-2-9(10)3-5-13/h8-10,12H,2-7H2,1H3. The van der Waals surface area contributed by atoms with E-state index in [0.29, 0.717) is 11.9 Å². The van der Waals surface area contributed by atoms with E-state index in [1.807, 2.05) is 6.92 Å². The van der Waals surface area contributed by atoms with Gasteiger partial charge in [0.1, 0.15) is 0 Å². The fourth-order valence-corrected chi connectivity index (χ4v) is 3.22. The van der Waals surface area contributed by atoms with E-state index in [1.165, 1.54) is 25.9 Å². The maximum absolute atomic E-state index is 11.9. The smallest absolute Gasteiger partial charge is 0.240 e. The Morgan fingerprint density at radius 3 is 2.53 bits per heavy atom. The van der Waals surface area contributed by atoms with Crippen LogP contribution in [-0.2, 0) is 4.79 Å². The van der Waals surface area contributed by atoms with Crippen molar-refractivity contribution in [2.45, 2.75) is 31.8 Å². The summed E-state index contributed by atoms with van der Waals surface area (Å²) in [5.41, 5.74) is 0. The lowest BCUT2D eigenvalue weighted by atomic mass is 9.83. The predicted octanol–water partition coefficient (Wildman–Crippen LogP) is -0.142. The summed E-state index contributed by atoms with van der Waals surface area (Å²) in [4.78, 5) is 16.5. The number of hydrogen-bond acceptors (Lipinski definition) is 3. The first-order valence-corrected chi connectivity index (χ1v) is 6.02. The van der Waals surface area contributed by atoms with Crippen LogP contribution < -0.4 is 5.32 Å². The molecule has 0 aromatic rings. The number of piperidine rings is 3. The fraction of sp³-hybridized carbons (Fsp3) is 0.909. The van der Waals surface area contributed by atoms with Crippen molar-refractivity contribution in [1.82, 2.24) is 15.1 Å². The van der Waals surface area contributed by atoms with E-state index in [9.17, 15) is 4.79 Å². The minimum Gasteiger partial charge on any atom is -0.324 e. The average molecular weight is 209 g/mol. The molecule has 0 aromatic carbocycles. The van der Waals surface area contributed by atoms with Crippen molar-refractivity contribution in [3.63, 3.8) is 0 Å². The molecule has 4 aliphatic heterocycles. The summed E-state index contributed by atoms with van der Waals surface area (Å²) in [6, 6.07) is 0.512. The molecule has 1 N–H and O–H groups in total. The van der Waals surface area contributed by atoms with Crippen LogP contribution in [0.3, 0.4) is 0 Å². The molecule has 2 atom stereocenters. The summed E-state index contributed by atoms with van der Waals surface area (Å²) >= 11 is 0. The van der Waals surface area contributed by atoms with Gasteiger partial charge in [0.15, 0.2) is 0 Å². The quantitative estimate of drug-likeness (QED) is 0.653. The van der Waals surface area contributed by atoms with Crippen molar-refractivity contribution < 1.29 is 4.79 Å². The second-order valence-corrected chi connectivity index (χ2v) is 5.10. The largest absolute Gasteiger partial charge is 0.324 e. The summed E-state index contributed by atoms with van der Waals surface area (Å²) in [5.74, 6) is 1.06. The van der Waals surface area contributed by atoms with Gasteiger partial charge in [0, 0.05) is 12.6 Å². The van der Waals surface area contributed by atoms with Gasteiger partial charge >= 0.3 is 0 Å². The van der Waals surface area contributed by atoms with Crippen molar-refractivity contribution in [2.75, 3.05) is 26.3 Å². The Balaban J connectivity index is 1.75. The summed E-state index contributed by atoms with van der Waals surface area (Å²) in [5, 5.41) is 3.23. The molecule has 84 valence electrons. The third-order valence-corrected chi connectivity index (χ3v) is 4.24. The minimum absolute atomic E-state index is 0.0282. The Labute approximate surface area is 90.6 Å². The highest BCUT2D eigenvalue weighted by atomic mass is 16.2. The van der Waals surface area contributed by atoms with Crippen LogP contribution in [0, 0.1) is 5.92 Å². The number of carbonyl (C=O) groups excluding carboxylic acids is 1. The van der Waals surface area contributed by atoms with E-state index in [2.05, 4.69) is 15.1 Å². The van der Waals surface area contributed by atoms with Crippen molar-refractivity contribution in [2.24, 2.45) is 5.92 Å². The number of fused-ring (bicyclic) bond motifs is 3. The van der Waals surface area contributed by atoms with Gasteiger partial charge in [-0.2, -0.15) is 0 Å². The van der Waals surface area contributed by atoms with Crippen LogP contribution in [0.5, 0.6) is 0 Å². The molecule has 2 bridgehead atoms. The van der Waals surface area contributed by atoms with Gasteiger partial charge < -0.3 is 9.80 Å². The molecule has 4 nitrogen and oxygen atoms in total. The third-order valence-electron chi connectivity index (χ3n) is 4.24. The van der Waals surface area contributed by atoms with Crippen LogP contribution in [0.1, 0.15) is 19.8 Å². The number of hydrogen-bond donors (Lipinski definition) is 1. The van der Waals surface area contributed by atoms with Crippen molar-refractivity contribution in [3.8, 4) is 0 Å². The number of nitrogens with one attached hydrogen (secondary N) is 1. The monoisotopic (exact) mass is 209 g/mol. The molecule has 4 saturated heterocycles. The molecule has 0 radical (unpaired) electrons. The first kappa shape index (κ1) is 9.60. The molecular formula is C11H19N3O. The molecule has 2 unspecified atom stereocenters. The van der Waals surface area contributed by atoms with Gasteiger partial charge in [-0.1, -0.05) is 0 Å². The lowest BCUT2D eigenvalue weighted by molar-refractivity contribution is -0.134. The normalized spacial score (nSPS) is 45.1. The van der Waals surface area contributed by atoms with Gasteiger partial charge in [0.25, 0.3) is 0 Å². The van der Waals surface area contributed by atoms with Gasteiger partial charge in [0.05, 0.1) is 12.7 Å². The maximum atomic E-state index is 11.9. The van der Waals surface area contributed by atoms with Crippen LogP contribution in [-0.4, -0.2) is 54.1 Å². The SMILES string of the molecule is CC1NCN(C2CN3CCC2CC3)C1=O. The molecule has 0 spiro atoms. The van der Waals surface area contributed by atoms with E-state index >= 15 is 0 Å². The van der Waals surface area contributed by atoms with Crippen LogP contribution in [0.2, 0.25) is 0 Å². The lowest BCUT2D eigenvalue weighted by Gasteiger charge is -2.47. The fourth-order valence-electron chi connectivity index (χ4n) is 3.22. The van der Waals surface area contributed by atoms with Crippen LogP contribution in [0.15, 0.2) is 0 Å². The Hall–Kier alpha value is -0.610. The Kier molecular flexibility index (Phi) is 2.21. The molecule has 0 aromatic heterocycles. The van der Waals surface area contributed by atoms with Crippen LogP contribution in [0.25, 0.3) is 0 Å². The van der Waals surface area contributed by atoms with E-state index in [1.54, 1.807) is 0 Å². The Bertz CT molecular complexity index is 273. The highest BCUT2D eigenvalue weighted by Gasteiger charge is 2.42. The minimum atomic E-state index is 0.0282. The third kappa shape index (κ3) is 1.47. The first-order valence-electron chi connectivity index (χ1n) is 6.02. The predicted molar refractivity (Wildman–Crippen MR) is 57.3 cm³/mol. The van der Waals surface area contributed by atoms with Gasteiger partial charge in [-0.05, 0) is 38.8 Å². The van der Waals surface area contributed by atoms with Gasteiger partial charge in [0.2, 0.25) is 5.91 Å². The van der Waals surface area contributed by atoms with E-state index in [4.69, 9.17) is 0 Å². The van der Waals surface area contributed by atoms with Crippen LogP contribution >= 0.6 is 0 Å².